The van der Waals surface area contributed by atoms with Crippen molar-refractivity contribution in [2.75, 3.05) is 0 Å². The van der Waals surface area contributed by atoms with E-state index in [1.54, 1.807) is 0 Å². The predicted octanol–water partition coefficient (Wildman–Crippen LogP) is 11.0. The third kappa shape index (κ3) is 16.8. The van der Waals surface area contributed by atoms with E-state index in [2.05, 4.69) is 42.7 Å². The lowest BCUT2D eigenvalue weighted by molar-refractivity contribution is 0.297. The average Bonchev–Trinajstić information content (AvgIpc) is 2.75. The Morgan fingerprint density at radius 2 is 0.967 bits per heavy atom. The number of rotatable bonds is 24. The summed E-state index contributed by atoms with van der Waals surface area (Å²) < 4.78 is 0. The molecular weight excluding hydrogens is 379 g/mol. The number of allylic oxidation sites excluding steroid dienone is 1. The van der Waals surface area contributed by atoms with Crippen molar-refractivity contribution in [3.63, 3.8) is 0 Å². The van der Waals surface area contributed by atoms with E-state index in [0.717, 1.165) is 5.92 Å². The summed E-state index contributed by atoms with van der Waals surface area (Å²) in [6.07, 6.45) is 33.3. The second-order valence-corrected chi connectivity index (χ2v) is 11.2. The van der Waals surface area contributed by atoms with Gasteiger partial charge in [-0.2, -0.15) is 0 Å². The molecule has 0 saturated heterocycles. The number of hydrogen-bond acceptors (Lipinski definition) is 0. The Bertz CT molecular complexity index is 340. The Hall–Kier alpha value is 0.170. The number of unbranched alkanes of at least 4 members (excludes halogenated alkanes) is 15. The molecule has 30 heavy (non-hydrogen) atoms. The van der Waals surface area contributed by atoms with E-state index in [-0.39, 0.29) is 0 Å². The van der Waals surface area contributed by atoms with Crippen LogP contribution in [-0.4, -0.2) is 5.16 Å². The van der Waals surface area contributed by atoms with Gasteiger partial charge in [0.2, 0.25) is 0 Å². The maximum Gasteiger partial charge on any atom is -0.0119 e. The van der Waals surface area contributed by atoms with Gasteiger partial charge in [0.1, 0.15) is 0 Å². The minimum absolute atomic E-state index is 0.455. The lowest BCUT2D eigenvalue weighted by Crippen LogP contribution is -2.31. The Balaban J connectivity index is 3.87. The van der Waals surface area contributed by atoms with E-state index in [1.165, 1.54) is 141 Å². The zero-order valence-electron chi connectivity index (χ0n) is 21.5. The van der Waals surface area contributed by atoms with Crippen LogP contribution >= 0.6 is 9.24 Å². The van der Waals surface area contributed by atoms with Crippen molar-refractivity contribution in [2.24, 2.45) is 5.92 Å². The maximum absolute atomic E-state index is 4.08. The Morgan fingerprint density at radius 3 is 1.33 bits per heavy atom. The second kappa shape index (κ2) is 22.4. The van der Waals surface area contributed by atoms with Crippen molar-refractivity contribution in [3.05, 3.63) is 12.7 Å². The van der Waals surface area contributed by atoms with Gasteiger partial charge in [-0.3, -0.25) is 0 Å². The van der Waals surface area contributed by atoms with Crippen LogP contribution in [0.1, 0.15) is 162 Å². The minimum Gasteiger partial charge on any atom is -0.131 e. The third-order valence-corrected chi connectivity index (χ3v) is 8.21. The van der Waals surface area contributed by atoms with Crippen molar-refractivity contribution in [3.8, 4) is 0 Å². The van der Waals surface area contributed by atoms with Gasteiger partial charge in [0.25, 0.3) is 0 Å². The molecule has 0 bridgehead atoms. The molecule has 2 atom stereocenters. The summed E-state index contributed by atoms with van der Waals surface area (Å²) >= 11 is 0. The first-order chi connectivity index (χ1) is 14.6. The Morgan fingerprint density at radius 1 is 0.600 bits per heavy atom. The average molecular weight is 439 g/mol. The van der Waals surface area contributed by atoms with Crippen LogP contribution in [0.4, 0.5) is 0 Å². The van der Waals surface area contributed by atoms with E-state index < -0.39 is 0 Å². The van der Waals surface area contributed by atoms with E-state index in [1.807, 2.05) is 0 Å². The van der Waals surface area contributed by atoms with Gasteiger partial charge in [-0.25, -0.2) is 0 Å². The first-order valence-corrected chi connectivity index (χ1v) is 14.6. The van der Waals surface area contributed by atoms with Gasteiger partial charge in [-0.1, -0.05) is 142 Å². The maximum atomic E-state index is 4.08. The summed E-state index contributed by atoms with van der Waals surface area (Å²) in [7, 11) is 3.33. The largest absolute Gasteiger partial charge is 0.131 e. The predicted molar refractivity (Wildman–Crippen MR) is 145 cm³/mol. The smallest absolute Gasteiger partial charge is 0.0119 e. The fourth-order valence-electron chi connectivity index (χ4n) is 4.97. The summed E-state index contributed by atoms with van der Waals surface area (Å²) in [5, 5.41) is 0.455. The van der Waals surface area contributed by atoms with Crippen molar-refractivity contribution >= 4 is 9.24 Å². The van der Waals surface area contributed by atoms with E-state index in [0.29, 0.717) is 5.16 Å². The van der Waals surface area contributed by atoms with E-state index in [4.69, 9.17) is 0 Å². The van der Waals surface area contributed by atoms with Crippen LogP contribution in [0.3, 0.4) is 0 Å². The van der Waals surface area contributed by atoms with Crippen molar-refractivity contribution in [2.45, 2.75) is 167 Å². The molecule has 0 N–H and O–H groups in total. The summed E-state index contributed by atoms with van der Waals surface area (Å²) in [5.41, 5.74) is 0. The molecule has 0 heterocycles. The molecule has 0 aromatic heterocycles. The topological polar surface area (TPSA) is 0 Å². The third-order valence-electron chi connectivity index (χ3n) is 7.16. The zero-order chi connectivity index (χ0) is 22.3. The molecule has 2 unspecified atom stereocenters. The molecule has 0 aliphatic heterocycles. The summed E-state index contributed by atoms with van der Waals surface area (Å²) in [5.74, 6) is 0.815. The molecule has 0 spiro atoms. The van der Waals surface area contributed by atoms with Crippen LogP contribution in [0.25, 0.3) is 0 Å². The number of hydrogen-bond donors (Lipinski definition) is 0. The molecule has 0 aromatic carbocycles. The molecule has 180 valence electrons. The van der Waals surface area contributed by atoms with Crippen LogP contribution in [-0.2, 0) is 0 Å². The monoisotopic (exact) mass is 438 g/mol. The standard InChI is InChI=1S/C29H59P/c1-5-9-12-13-14-15-16-17-18-19-20-21-22-23-25-28(24-8-4)29(30,26-10-6-2)27-11-7-3/h8,28H,4-7,9-27,30H2,1-3H3. The quantitative estimate of drug-likeness (QED) is 0.0798. The van der Waals surface area contributed by atoms with Crippen LogP contribution in [0.2, 0.25) is 0 Å². The second-order valence-electron chi connectivity index (χ2n) is 10.0. The highest BCUT2D eigenvalue weighted by Crippen LogP contribution is 2.43. The Kier molecular flexibility index (Phi) is 22.5. The van der Waals surface area contributed by atoms with Crippen LogP contribution in [0.15, 0.2) is 12.7 Å². The highest BCUT2D eigenvalue weighted by Gasteiger charge is 2.31. The highest BCUT2D eigenvalue weighted by atomic mass is 31.0. The zero-order valence-corrected chi connectivity index (χ0v) is 22.7. The first kappa shape index (κ1) is 30.2. The van der Waals surface area contributed by atoms with Gasteiger partial charge in [0.15, 0.2) is 0 Å². The summed E-state index contributed by atoms with van der Waals surface area (Å²) in [6.45, 7) is 11.1. The Labute approximate surface area is 195 Å². The molecule has 0 rings (SSSR count). The van der Waals surface area contributed by atoms with Crippen molar-refractivity contribution in [1.29, 1.82) is 0 Å². The van der Waals surface area contributed by atoms with Crippen molar-refractivity contribution in [1.82, 2.24) is 0 Å². The molecular formula is C29H59P. The van der Waals surface area contributed by atoms with Gasteiger partial charge < -0.3 is 0 Å². The SMILES string of the molecule is C=CCC(CCCCCCCCCCCCCCCC)C(P)(CCCC)CCCC. The molecule has 0 fully saturated rings. The summed E-state index contributed by atoms with van der Waals surface area (Å²) in [6, 6.07) is 0. The molecule has 0 nitrogen and oxygen atoms in total. The molecule has 0 amide bonds. The molecule has 0 saturated carbocycles. The normalized spacial score (nSPS) is 12.9. The molecule has 0 aliphatic carbocycles. The molecule has 0 aromatic rings. The molecule has 1 heteroatoms. The molecule has 0 radical (unpaired) electrons. The fourth-order valence-corrected chi connectivity index (χ4v) is 5.68. The van der Waals surface area contributed by atoms with Gasteiger partial charge in [0, 0.05) is 0 Å². The minimum atomic E-state index is 0.455. The lowest BCUT2D eigenvalue weighted by Gasteiger charge is -2.38. The van der Waals surface area contributed by atoms with E-state index in [9.17, 15) is 0 Å². The molecule has 0 aliphatic rings. The van der Waals surface area contributed by atoms with Gasteiger partial charge in [0.05, 0.1) is 0 Å². The summed E-state index contributed by atoms with van der Waals surface area (Å²) in [4.78, 5) is 0. The van der Waals surface area contributed by atoms with Gasteiger partial charge in [-0.15, -0.1) is 15.8 Å². The fraction of sp³-hybridized carbons (Fsp3) is 0.931. The van der Waals surface area contributed by atoms with Crippen molar-refractivity contribution < 1.29 is 0 Å². The van der Waals surface area contributed by atoms with Crippen LogP contribution in [0.5, 0.6) is 0 Å². The highest BCUT2D eigenvalue weighted by molar-refractivity contribution is 7.19. The first-order valence-electron chi connectivity index (χ1n) is 14.0. The van der Waals surface area contributed by atoms with Gasteiger partial charge >= 0.3 is 0 Å². The van der Waals surface area contributed by atoms with E-state index >= 15 is 0 Å². The van der Waals surface area contributed by atoms with Crippen LogP contribution < -0.4 is 0 Å². The van der Waals surface area contributed by atoms with Crippen LogP contribution in [0, 0.1) is 5.92 Å². The van der Waals surface area contributed by atoms with Gasteiger partial charge in [-0.05, 0) is 36.8 Å². The lowest BCUT2D eigenvalue weighted by atomic mass is 9.78.